The van der Waals surface area contributed by atoms with E-state index in [1.165, 1.54) is 51.4 Å². The first kappa shape index (κ1) is 17.7. The first-order chi connectivity index (χ1) is 10.7. The SMILES string of the molecule is CCCCCCCCC(CCC1O[C@H]2CCCCC12)[N+](=O)[O-]. The number of nitro groups is 1. The van der Waals surface area contributed by atoms with E-state index >= 15 is 0 Å². The van der Waals surface area contributed by atoms with Crippen LogP contribution in [0.4, 0.5) is 0 Å². The lowest BCUT2D eigenvalue weighted by Gasteiger charge is -2.48. The minimum absolute atomic E-state index is 0.0525. The normalized spacial score (nSPS) is 28.7. The summed E-state index contributed by atoms with van der Waals surface area (Å²) in [6.07, 6.45) is 15.4. The van der Waals surface area contributed by atoms with Crippen LogP contribution in [0.25, 0.3) is 0 Å². The Hall–Kier alpha value is -0.640. The predicted molar refractivity (Wildman–Crippen MR) is 88.6 cm³/mol. The second-order valence-corrected chi connectivity index (χ2v) is 7.23. The fourth-order valence-electron chi connectivity index (χ4n) is 4.11. The number of nitrogens with zero attached hydrogens (tertiary/aromatic N) is 1. The molecule has 1 heterocycles. The van der Waals surface area contributed by atoms with Gasteiger partial charge in [0.05, 0.1) is 12.2 Å². The summed E-state index contributed by atoms with van der Waals surface area (Å²) >= 11 is 0. The van der Waals surface area contributed by atoms with E-state index in [0.29, 0.717) is 24.5 Å². The maximum absolute atomic E-state index is 11.2. The summed E-state index contributed by atoms with van der Waals surface area (Å²) in [6, 6.07) is -0.350. The van der Waals surface area contributed by atoms with Crippen LogP contribution in [0.3, 0.4) is 0 Å². The first-order valence-corrected chi connectivity index (χ1v) is 9.51. The number of hydrogen-bond donors (Lipinski definition) is 0. The molecule has 2 fully saturated rings. The van der Waals surface area contributed by atoms with E-state index in [-0.39, 0.29) is 11.0 Å². The lowest BCUT2D eigenvalue weighted by atomic mass is 9.76. The van der Waals surface area contributed by atoms with Crippen LogP contribution in [0.2, 0.25) is 0 Å². The quantitative estimate of drug-likeness (QED) is 0.302. The van der Waals surface area contributed by atoms with Gasteiger partial charge in [0.25, 0.3) is 0 Å². The zero-order valence-electron chi connectivity index (χ0n) is 14.2. The summed E-state index contributed by atoms with van der Waals surface area (Å²) in [6.45, 7) is 2.21. The molecule has 128 valence electrons. The van der Waals surface area contributed by atoms with Crippen molar-refractivity contribution >= 4 is 0 Å². The van der Waals surface area contributed by atoms with E-state index < -0.39 is 0 Å². The summed E-state index contributed by atoms with van der Waals surface area (Å²) in [5.41, 5.74) is 0. The van der Waals surface area contributed by atoms with Gasteiger partial charge >= 0.3 is 0 Å². The number of ether oxygens (including phenoxy) is 1. The third-order valence-corrected chi connectivity index (χ3v) is 5.55. The molecule has 3 unspecified atom stereocenters. The van der Waals surface area contributed by atoms with Gasteiger partial charge in [-0.3, -0.25) is 10.1 Å². The van der Waals surface area contributed by atoms with Gasteiger partial charge in [0.2, 0.25) is 6.04 Å². The Morgan fingerprint density at radius 3 is 2.55 bits per heavy atom. The lowest BCUT2D eigenvalue weighted by molar-refractivity contribution is -0.525. The molecule has 4 heteroatoms. The van der Waals surface area contributed by atoms with E-state index in [2.05, 4.69) is 6.92 Å². The lowest BCUT2D eigenvalue weighted by Crippen LogP contribution is -2.50. The molecule has 22 heavy (non-hydrogen) atoms. The summed E-state index contributed by atoms with van der Waals surface area (Å²) < 4.78 is 5.92. The van der Waals surface area contributed by atoms with Crippen molar-refractivity contribution in [1.29, 1.82) is 0 Å². The predicted octanol–water partition coefficient (Wildman–Crippen LogP) is 5.12. The van der Waals surface area contributed by atoms with Crippen molar-refractivity contribution in [3.63, 3.8) is 0 Å². The van der Waals surface area contributed by atoms with Crippen molar-refractivity contribution in [1.82, 2.24) is 0 Å². The topological polar surface area (TPSA) is 52.4 Å². The average molecular weight is 311 g/mol. The Labute approximate surface area is 135 Å². The molecule has 0 N–H and O–H groups in total. The molecular weight excluding hydrogens is 278 g/mol. The minimum atomic E-state index is -0.350. The molecule has 0 spiro atoms. The highest BCUT2D eigenvalue weighted by atomic mass is 16.6. The fourth-order valence-corrected chi connectivity index (χ4v) is 4.11. The van der Waals surface area contributed by atoms with Gasteiger partial charge in [-0.15, -0.1) is 0 Å². The number of hydrogen-bond acceptors (Lipinski definition) is 3. The molecule has 1 aliphatic heterocycles. The van der Waals surface area contributed by atoms with Crippen LogP contribution in [0.1, 0.15) is 90.4 Å². The van der Waals surface area contributed by atoms with Gasteiger partial charge in [-0.05, 0) is 25.7 Å². The Kier molecular flexibility index (Phi) is 7.64. The van der Waals surface area contributed by atoms with Crippen molar-refractivity contribution in [3.05, 3.63) is 10.1 Å². The maximum atomic E-state index is 11.2. The fraction of sp³-hybridized carbons (Fsp3) is 1.00. The van der Waals surface area contributed by atoms with Gasteiger partial charge in [-0.1, -0.05) is 51.9 Å². The zero-order chi connectivity index (χ0) is 15.8. The molecule has 1 aliphatic carbocycles. The second kappa shape index (κ2) is 9.49. The summed E-state index contributed by atoms with van der Waals surface area (Å²) in [7, 11) is 0. The van der Waals surface area contributed by atoms with Gasteiger partial charge in [-0.25, -0.2) is 0 Å². The average Bonchev–Trinajstić information content (AvgIpc) is 2.49. The van der Waals surface area contributed by atoms with Gasteiger partial charge in [-0.2, -0.15) is 0 Å². The molecule has 0 bridgehead atoms. The molecule has 0 amide bonds. The minimum Gasteiger partial charge on any atom is -0.374 e. The summed E-state index contributed by atoms with van der Waals surface area (Å²) in [4.78, 5) is 11.2. The Balaban J connectivity index is 1.59. The van der Waals surface area contributed by atoms with Crippen LogP contribution in [0.15, 0.2) is 0 Å². The zero-order valence-corrected chi connectivity index (χ0v) is 14.2. The van der Waals surface area contributed by atoms with Crippen LogP contribution >= 0.6 is 0 Å². The van der Waals surface area contributed by atoms with Gasteiger partial charge in [0, 0.05) is 23.7 Å². The summed E-state index contributed by atoms with van der Waals surface area (Å²) in [5, 5.41) is 11.2. The van der Waals surface area contributed by atoms with Crippen molar-refractivity contribution < 1.29 is 9.66 Å². The van der Waals surface area contributed by atoms with E-state index in [0.717, 1.165) is 25.7 Å². The molecule has 2 rings (SSSR count). The van der Waals surface area contributed by atoms with E-state index in [1.807, 2.05) is 0 Å². The molecule has 0 aromatic carbocycles. The molecular formula is C18H33NO3. The number of rotatable bonds is 11. The Bertz CT molecular complexity index is 334. The molecule has 1 saturated heterocycles. The molecule has 4 nitrogen and oxygen atoms in total. The van der Waals surface area contributed by atoms with E-state index in [1.54, 1.807) is 0 Å². The van der Waals surface area contributed by atoms with Crippen molar-refractivity contribution in [2.24, 2.45) is 5.92 Å². The molecule has 1 saturated carbocycles. The third-order valence-electron chi connectivity index (χ3n) is 5.55. The number of unbranched alkanes of at least 4 members (excludes halogenated alkanes) is 5. The molecule has 0 aromatic rings. The summed E-state index contributed by atoms with van der Waals surface area (Å²) in [5.74, 6) is 0.704. The van der Waals surface area contributed by atoms with E-state index in [9.17, 15) is 10.1 Å². The van der Waals surface area contributed by atoms with Crippen LogP contribution in [0, 0.1) is 16.0 Å². The first-order valence-electron chi connectivity index (χ1n) is 9.51. The number of fused-ring (bicyclic) bond motifs is 1. The smallest absolute Gasteiger partial charge is 0.213 e. The van der Waals surface area contributed by atoms with Gasteiger partial charge in [0.15, 0.2) is 0 Å². The van der Waals surface area contributed by atoms with Gasteiger partial charge < -0.3 is 4.74 Å². The van der Waals surface area contributed by atoms with Gasteiger partial charge in [0.1, 0.15) is 0 Å². The Morgan fingerprint density at radius 2 is 1.82 bits per heavy atom. The Morgan fingerprint density at radius 1 is 1.09 bits per heavy atom. The van der Waals surface area contributed by atoms with Crippen molar-refractivity contribution in [2.75, 3.05) is 0 Å². The van der Waals surface area contributed by atoms with Crippen LogP contribution in [0.5, 0.6) is 0 Å². The van der Waals surface area contributed by atoms with Crippen LogP contribution in [-0.2, 0) is 4.74 Å². The van der Waals surface area contributed by atoms with Crippen LogP contribution < -0.4 is 0 Å². The van der Waals surface area contributed by atoms with Crippen molar-refractivity contribution in [3.8, 4) is 0 Å². The highest BCUT2D eigenvalue weighted by molar-refractivity contribution is 4.91. The highest BCUT2D eigenvalue weighted by Crippen LogP contribution is 2.41. The standard InChI is InChI=1S/C18H33NO3/c1-2-3-4-5-6-7-10-15(19(20)21)13-14-18-16-11-8-9-12-17(16)22-18/h15-18H,2-14H2,1H3/t15?,16?,17-,18?/m0/s1. The maximum Gasteiger partial charge on any atom is 0.213 e. The third kappa shape index (κ3) is 5.22. The molecule has 0 radical (unpaired) electrons. The highest BCUT2D eigenvalue weighted by Gasteiger charge is 2.43. The monoisotopic (exact) mass is 311 g/mol. The molecule has 2 aliphatic rings. The molecule has 0 aromatic heterocycles. The molecule has 4 atom stereocenters. The largest absolute Gasteiger partial charge is 0.374 e. The second-order valence-electron chi connectivity index (χ2n) is 7.23. The van der Waals surface area contributed by atoms with Crippen LogP contribution in [-0.4, -0.2) is 23.2 Å². The van der Waals surface area contributed by atoms with Crippen molar-refractivity contribution in [2.45, 2.75) is 109 Å². The van der Waals surface area contributed by atoms with E-state index in [4.69, 9.17) is 4.74 Å².